The van der Waals surface area contributed by atoms with Gasteiger partial charge >= 0.3 is 0 Å². The Bertz CT molecular complexity index is 630. The van der Waals surface area contributed by atoms with Crippen molar-refractivity contribution in [3.8, 4) is 0 Å². The van der Waals surface area contributed by atoms with Crippen LogP contribution in [0.2, 0.25) is 0 Å². The van der Waals surface area contributed by atoms with E-state index in [-0.39, 0.29) is 35.8 Å². The van der Waals surface area contributed by atoms with E-state index in [0.717, 1.165) is 44.9 Å². The van der Waals surface area contributed by atoms with Crippen LogP contribution in [-0.2, 0) is 4.79 Å². The third kappa shape index (κ3) is 6.86. The lowest BCUT2D eigenvalue weighted by molar-refractivity contribution is -0.122. The van der Waals surface area contributed by atoms with Crippen molar-refractivity contribution in [1.29, 1.82) is 0 Å². The number of nitrogens with one attached hydrogen (secondary N) is 3. The second-order valence-electron chi connectivity index (χ2n) is 7.24. The third-order valence-corrected chi connectivity index (χ3v) is 4.90. The number of nitrogens with zero attached hydrogens (tertiary/aromatic N) is 2. The molecule has 1 saturated carbocycles. The maximum atomic E-state index is 11.6. The van der Waals surface area contributed by atoms with Gasteiger partial charge in [-0.3, -0.25) is 9.79 Å². The van der Waals surface area contributed by atoms with Gasteiger partial charge in [0.15, 0.2) is 5.96 Å². The molecule has 27 heavy (non-hydrogen) atoms. The standard InChI is InChI=1S/C20H31N5O.HI/c1-3-21-20(23-12-11-22-19(26)16-6-7-16)24-17-10-13-25(14-17)18-8-4-15(2)5-9-18;/h4-5,8-9,16-17H,3,6-7,10-14H2,1-2H3,(H,22,26)(H2,21,23,24);1H. The number of hydrogen-bond donors (Lipinski definition) is 3. The fraction of sp³-hybridized carbons (Fsp3) is 0.600. The number of benzene rings is 1. The number of carbonyl (C=O) groups excluding carboxylic acids is 1. The molecular formula is C20H32IN5O. The Kier molecular flexibility index (Phi) is 8.66. The second-order valence-corrected chi connectivity index (χ2v) is 7.24. The molecule has 0 spiro atoms. The zero-order chi connectivity index (χ0) is 18.4. The number of aliphatic imine (C=N–C) groups is 1. The molecule has 1 heterocycles. The van der Waals surface area contributed by atoms with E-state index < -0.39 is 0 Å². The average molecular weight is 485 g/mol. The maximum absolute atomic E-state index is 11.6. The van der Waals surface area contributed by atoms with Crippen LogP contribution in [-0.4, -0.2) is 50.6 Å². The highest BCUT2D eigenvalue weighted by Gasteiger charge is 2.29. The predicted octanol–water partition coefficient (Wildman–Crippen LogP) is 2.27. The number of carbonyl (C=O) groups is 1. The van der Waals surface area contributed by atoms with Crippen molar-refractivity contribution >= 4 is 41.5 Å². The van der Waals surface area contributed by atoms with Crippen LogP contribution in [0.1, 0.15) is 31.7 Å². The van der Waals surface area contributed by atoms with Gasteiger partial charge in [-0.2, -0.15) is 0 Å². The van der Waals surface area contributed by atoms with Gasteiger partial charge < -0.3 is 20.9 Å². The summed E-state index contributed by atoms with van der Waals surface area (Å²) in [6, 6.07) is 9.10. The number of rotatable bonds is 7. The summed E-state index contributed by atoms with van der Waals surface area (Å²) in [6.07, 6.45) is 3.17. The molecule has 150 valence electrons. The molecule has 1 amide bonds. The number of anilines is 1. The average Bonchev–Trinajstić information content (AvgIpc) is 3.39. The largest absolute Gasteiger partial charge is 0.369 e. The van der Waals surface area contributed by atoms with Gasteiger partial charge in [-0.1, -0.05) is 17.7 Å². The normalized spacial score (nSPS) is 19.4. The number of amides is 1. The SMILES string of the molecule is CCNC(=NCCNC(=O)C1CC1)NC1CCN(c2ccc(C)cc2)C1.I. The lowest BCUT2D eigenvalue weighted by Crippen LogP contribution is -2.45. The zero-order valence-electron chi connectivity index (χ0n) is 16.3. The Balaban J connectivity index is 0.00000261. The summed E-state index contributed by atoms with van der Waals surface area (Å²) in [7, 11) is 0. The summed E-state index contributed by atoms with van der Waals surface area (Å²) in [6.45, 7) is 8.25. The van der Waals surface area contributed by atoms with Crippen LogP contribution < -0.4 is 20.9 Å². The fourth-order valence-electron chi connectivity index (χ4n) is 3.22. The molecule has 7 heteroatoms. The smallest absolute Gasteiger partial charge is 0.223 e. The Morgan fingerprint density at radius 1 is 1.19 bits per heavy atom. The first-order valence-electron chi connectivity index (χ1n) is 9.80. The first-order chi connectivity index (χ1) is 12.7. The number of aryl methyl sites for hydroxylation is 1. The van der Waals surface area contributed by atoms with Gasteiger partial charge in [-0.15, -0.1) is 24.0 Å². The van der Waals surface area contributed by atoms with Crippen LogP contribution in [0.4, 0.5) is 5.69 Å². The van der Waals surface area contributed by atoms with Crippen molar-refractivity contribution in [3.05, 3.63) is 29.8 Å². The Hall–Kier alpha value is -1.51. The van der Waals surface area contributed by atoms with E-state index in [1.165, 1.54) is 11.3 Å². The van der Waals surface area contributed by atoms with E-state index in [1.807, 2.05) is 0 Å². The van der Waals surface area contributed by atoms with E-state index in [9.17, 15) is 4.79 Å². The minimum absolute atomic E-state index is 0. The summed E-state index contributed by atoms with van der Waals surface area (Å²) in [5.41, 5.74) is 2.57. The number of halogens is 1. The molecule has 2 fully saturated rings. The summed E-state index contributed by atoms with van der Waals surface area (Å²) in [5.74, 6) is 1.28. The Morgan fingerprint density at radius 2 is 1.93 bits per heavy atom. The molecule has 1 aliphatic heterocycles. The molecular weight excluding hydrogens is 453 g/mol. The van der Waals surface area contributed by atoms with Gasteiger partial charge in [0.05, 0.1) is 6.54 Å². The molecule has 0 bridgehead atoms. The van der Waals surface area contributed by atoms with Crippen molar-refractivity contribution in [2.75, 3.05) is 37.6 Å². The highest BCUT2D eigenvalue weighted by atomic mass is 127. The maximum Gasteiger partial charge on any atom is 0.223 e. The van der Waals surface area contributed by atoms with Gasteiger partial charge in [0.1, 0.15) is 0 Å². The minimum atomic E-state index is 0. The van der Waals surface area contributed by atoms with Crippen molar-refractivity contribution in [2.24, 2.45) is 10.9 Å². The van der Waals surface area contributed by atoms with Crippen LogP contribution in [0.3, 0.4) is 0 Å². The lowest BCUT2D eigenvalue weighted by Gasteiger charge is -2.20. The first kappa shape index (κ1) is 21.8. The van der Waals surface area contributed by atoms with Gasteiger partial charge in [0.25, 0.3) is 0 Å². The van der Waals surface area contributed by atoms with Crippen molar-refractivity contribution < 1.29 is 4.79 Å². The molecule has 0 radical (unpaired) electrons. The molecule has 1 aliphatic carbocycles. The molecule has 3 N–H and O–H groups in total. The van der Waals surface area contributed by atoms with Crippen LogP contribution >= 0.6 is 24.0 Å². The molecule has 0 aromatic heterocycles. The van der Waals surface area contributed by atoms with Gasteiger partial charge in [0.2, 0.25) is 5.91 Å². The second kappa shape index (κ2) is 10.7. The quantitative estimate of drug-likeness (QED) is 0.240. The van der Waals surface area contributed by atoms with E-state index in [0.29, 0.717) is 19.1 Å². The molecule has 2 aliphatic rings. The monoisotopic (exact) mass is 485 g/mol. The van der Waals surface area contributed by atoms with Crippen molar-refractivity contribution in [3.63, 3.8) is 0 Å². The number of guanidine groups is 1. The molecule has 1 saturated heterocycles. The van der Waals surface area contributed by atoms with Crippen LogP contribution in [0.15, 0.2) is 29.3 Å². The third-order valence-electron chi connectivity index (χ3n) is 4.90. The molecule has 3 rings (SSSR count). The van der Waals surface area contributed by atoms with E-state index >= 15 is 0 Å². The van der Waals surface area contributed by atoms with Crippen molar-refractivity contribution in [2.45, 2.75) is 39.2 Å². The van der Waals surface area contributed by atoms with Crippen molar-refractivity contribution in [1.82, 2.24) is 16.0 Å². The molecule has 1 aromatic rings. The first-order valence-corrected chi connectivity index (χ1v) is 9.80. The van der Waals surface area contributed by atoms with E-state index in [4.69, 9.17) is 0 Å². The zero-order valence-corrected chi connectivity index (χ0v) is 18.7. The molecule has 1 atom stereocenters. The minimum Gasteiger partial charge on any atom is -0.369 e. The molecule has 1 unspecified atom stereocenters. The predicted molar refractivity (Wildman–Crippen MR) is 122 cm³/mol. The number of hydrogen-bond acceptors (Lipinski definition) is 3. The lowest BCUT2D eigenvalue weighted by atomic mass is 10.2. The highest BCUT2D eigenvalue weighted by Crippen LogP contribution is 2.28. The Morgan fingerprint density at radius 3 is 2.59 bits per heavy atom. The van der Waals surface area contributed by atoms with E-state index in [1.54, 1.807) is 0 Å². The van der Waals surface area contributed by atoms with Gasteiger partial charge in [-0.25, -0.2) is 0 Å². The van der Waals surface area contributed by atoms with E-state index in [2.05, 4.69) is 64.0 Å². The Labute approximate surface area is 179 Å². The van der Waals surface area contributed by atoms with Gasteiger partial charge in [0, 0.05) is 43.8 Å². The molecule has 6 nitrogen and oxygen atoms in total. The molecule has 1 aromatic carbocycles. The summed E-state index contributed by atoms with van der Waals surface area (Å²) >= 11 is 0. The fourth-order valence-corrected chi connectivity index (χ4v) is 3.22. The van der Waals surface area contributed by atoms with Crippen LogP contribution in [0, 0.1) is 12.8 Å². The van der Waals surface area contributed by atoms with Crippen LogP contribution in [0.25, 0.3) is 0 Å². The summed E-state index contributed by atoms with van der Waals surface area (Å²) < 4.78 is 0. The summed E-state index contributed by atoms with van der Waals surface area (Å²) in [4.78, 5) is 18.7. The highest BCUT2D eigenvalue weighted by molar-refractivity contribution is 14.0. The van der Waals surface area contributed by atoms with Crippen LogP contribution in [0.5, 0.6) is 0 Å². The van der Waals surface area contributed by atoms with Gasteiger partial charge in [-0.05, 0) is 45.2 Å². The topological polar surface area (TPSA) is 68.8 Å². The summed E-state index contributed by atoms with van der Waals surface area (Å²) in [5, 5.41) is 9.80.